The molecular formula is C14H18N4O2. The molecule has 1 aromatic carbocycles. The van der Waals surface area contributed by atoms with Crippen LogP contribution in [0.5, 0.6) is 0 Å². The van der Waals surface area contributed by atoms with Crippen molar-refractivity contribution in [3.8, 4) is 0 Å². The van der Waals surface area contributed by atoms with E-state index >= 15 is 0 Å². The molecule has 6 nitrogen and oxygen atoms in total. The van der Waals surface area contributed by atoms with Crippen molar-refractivity contribution in [3.63, 3.8) is 0 Å². The van der Waals surface area contributed by atoms with Gasteiger partial charge in [-0.05, 0) is 31.0 Å². The van der Waals surface area contributed by atoms with Crippen LogP contribution in [0.3, 0.4) is 0 Å². The van der Waals surface area contributed by atoms with Crippen LogP contribution in [-0.4, -0.2) is 20.7 Å². The van der Waals surface area contributed by atoms with Gasteiger partial charge in [-0.2, -0.15) is 5.10 Å². The lowest BCUT2D eigenvalue weighted by Crippen LogP contribution is -2.10. The lowest BCUT2D eigenvalue weighted by Gasteiger charge is -2.06. The van der Waals surface area contributed by atoms with Crippen molar-refractivity contribution in [3.05, 3.63) is 42.0 Å². The molecule has 2 N–H and O–H groups in total. The molecule has 20 heavy (non-hydrogen) atoms. The number of aryl methyl sites for hydroxylation is 2. The van der Waals surface area contributed by atoms with Crippen LogP contribution >= 0.6 is 0 Å². The average molecular weight is 274 g/mol. The molecule has 0 amide bonds. The van der Waals surface area contributed by atoms with Gasteiger partial charge in [0.05, 0.1) is 0 Å². The Morgan fingerprint density at radius 2 is 2.30 bits per heavy atom. The summed E-state index contributed by atoms with van der Waals surface area (Å²) in [5.74, 6) is 0.405. The fourth-order valence-electron chi connectivity index (χ4n) is 1.88. The van der Waals surface area contributed by atoms with E-state index in [0.717, 1.165) is 5.56 Å². The predicted molar refractivity (Wildman–Crippen MR) is 74.7 cm³/mol. The summed E-state index contributed by atoms with van der Waals surface area (Å²) < 4.78 is 6.89. The summed E-state index contributed by atoms with van der Waals surface area (Å²) in [6.07, 6.45) is 2.40. The van der Waals surface area contributed by atoms with E-state index in [1.807, 2.05) is 31.2 Å². The minimum Gasteiger partial charge on any atom is -0.457 e. The maximum Gasteiger partial charge on any atom is 0.306 e. The first-order chi connectivity index (χ1) is 9.69. The van der Waals surface area contributed by atoms with E-state index in [1.54, 1.807) is 4.68 Å². The third-order valence-corrected chi connectivity index (χ3v) is 2.93. The summed E-state index contributed by atoms with van der Waals surface area (Å²) >= 11 is 0. The van der Waals surface area contributed by atoms with E-state index in [0.29, 0.717) is 30.9 Å². The normalized spacial score (nSPS) is 10.4. The lowest BCUT2D eigenvalue weighted by molar-refractivity contribution is -0.145. The topological polar surface area (TPSA) is 83.0 Å². The number of ether oxygens (including phenoxy) is 1. The molecule has 0 radical (unpaired) electrons. The fraction of sp³-hybridized carbons (Fsp3) is 0.357. The maximum atomic E-state index is 11.7. The van der Waals surface area contributed by atoms with Gasteiger partial charge in [0.15, 0.2) is 12.4 Å². The highest BCUT2D eigenvalue weighted by Crippen LogP contribution is 2.09. The molecule has 2 aromatic rings. The Hall–Kier alpha value is -2.37. The molecule has 106 valence electrons. The summed E-state index contributed by atoms with van der Waals surface area (Å²) in [6, 6.07) is 7.50. The minimum absolute atomic E-state index is 0.156. The van der Waals surface area contributed by atoms with Crippen LogP contribution in [0.4, 0.5) is 5.69 Å². The van der Waals surface area contributed by atoms with Gasteiger partial charge in [0.2, 0.25) is 0 Å². The first-order valence-corrected chi connectivity index (χ1v) is 6.55. The first-order valence-electron chi connectivity index (χ1n) is 6.55. The molecule has 0 fully saturated rings. The number of benzene rings is 1. The van der Waals surface area contributed by atoms with Gasteiger partial charge in [-0.15, -0.1) is 0 Å². The summed E-state index contributed by atoms with van der Waals surface area (Å²) in [5, 5.41) is 4.02. The van der Waals surface area contributed by atoms with Gasteiger partial charge in [-0.3, -0.25) is 4.79 Å². The van der Waals surface area contributed by atoms with Crippen LogP contribution in [-0.2, 0) is 29.1 Å². The molecule has 0 aliphatic carbocycles. The van der Waals surface area contributed by atoms with Gasteiger partial charge in [0.1, 0.15) is 6.33 Å². The van der Waals surface area contributed by atoms with Gasteiger partial charge < -0.3 is 10.5 Å². The van der Waals surface area contributed by atoms with Crippen molar-refractivity contribution < 1.29 is 9.53 Å². The van der Waals surface area contributed by atoms with E-state index < -0.39 is 0 Å². The highest BCUT2D eigenvalue weighted by atomic mass is 16.5. The van der Waals surface area contributed by atoms with Gasteiger partial charge in [-0.25, -0.2) is 9.67 Å². The minimum atomic E-state index is -0.252. The maximum absolute atomic E-state index is 11.7. The Morgan fingerprint density at radius 1 is 1.45 bits per heavy atom. The molecule has 0 saturated carbocycles. The van der Waals surface area contributed by atoms with Crippen molar-refractivity contribution in [2.75, 3.05) is 5.73 Å². The van der Waals surface area contributed by atoms with E-state index in [-0.39, 0.29) is 12.6 Å². The molecule has 0 bridgehead atoms. The number of aromatic nitrogens is 3. The summed E-state index contributed by atoms with van der Waals surface area (Å²) in [6.45, 7) is 2.82. The Morgan fingerprint density at radius 3 is 3.05 bits per heavy atom. The van der Waals surface area contributed by atoms with Gasteiger partial charge in [0, 0.05) is 18.7 Å². The van der Waals surface area contributed by atoms with E-state index in [4.69, 9.17) is 10.5 Å². The zero-order chi connectivity index (χ0) is 14.4. The Kier molecular flexibility index (Phi) is 4.70. The van der Waals surface area contributed by atoms with Crippen molar-refractivity contribution in [2.24, 2.45) is 0 Å². The number of nitrogen functional groups attached to an aromatic ring is 1. The SMILES string of the molecule is CCn1ncnc1COC(=O)CCc1cccc(N)c1. The fourth-order valence-corrected chi connectivity index (χ4v) is 1.88. The zero-order valence-electron chi connectivity index (χ0n) is 11.5. The molecule has 0 unspecified atom stereocenters. The second-order valence-electron chi connectivity index (χ2n) is 4.40. The van der Waals surface area contributed by atoms with Crippen LogP contribution in [0.25, 0.3) is 0 Å². The highest BCUT2D eigenvalue weighted by Gasteiger charge is 2.08. The number of esters is 1. The molecule has 1 heterocycles. The third-order valence-electron chi connectivity index (χ3n) is 2.93. The van der Waals surface area contributed by atoms with Crippen molar-refractivity contribution in [1.82, 2.24) is 14.8 Å². The van der Waals surface area contributed by atoms with E-state index in [9.17, 15) is 4.79 Å². The smallest absolute Gasteiger partial charge is 0.306 e. The number of nitrogens with two attached hydrogens (primary N) is 1. The molecule has 2 rings (SSSR count). The quantitative estimate of drug-likeness (QED) is 0.638. The Labute approximate surface area is 117 Å². The lowest BCUT2D eigenvalue weighted by atomic mass is 10.1. The zero-order valence-corrected chi connectivity index (χ0v) is 11.5. The molecule has 0 saturated heterocycles. The van der Waals surface area contributed by atoms with Crippen LogP contribution in [0, 0.1) is 0 Å². The highest BCUT2D eigenvalue weighted by molar-refractivity contribution is 5.69. The average Bonchev–Trinajstić information content (AvgIpc) is 2.90. The molecular weight excluding hydrogens is 256 g/mol. The largest absolute Gasteiger partial charge is 0.457 e. The van der Waals surface area contributed by atoms with Gasteiger partial charge in [0.25, 0.3) is 0 Å². The van der Waals surface area contributed by atoms with Crippen molar-refractivity contribution >= 4 is 11.7 Å². The number of nitrogens with zero attached hydrogens (tertiary/aromatic N) is 3. The molecule has 0 aliphatic rings. The number of hydrogen-bond acceptors (Lipinski definition) is 5. The Bertz CT molecular complexity index is 580. The second kappa shape index (κ2) is 6.70. The number of anilines is 1. The van der Waals surface area contributed by atoms with Gasteiger partial charge >= 0.3 is 5.97 Å². The van der Waals surface area contributed by atoms with Crippen molar-refractivity contribution in [1.29, 1.82) is 0 Å². The molecule has 0 atom stereocenters. The summed E-state index contributed by atoms with van der Waals surface area (Å²) in [4.78, 5) is 15.7. The summed E-state index contributed by atoms with van der Waals surface area (Å²) in [7, 11) is 0. The number of rotatable bonds is 6. The van der Waals surface area contributed by atoms with Crippen LogP contribution < -0.4 is 5.73 Å². The third kappa shape index (κ3) is 3.81. The second-order valence-corrected chi connectivity index (χ2v) is 4.40. The first kappa shape index (κ1) is 14.0. The molecule has 0 aliphatic heterocycles. The molecule has 1 aromatic heterocycles. The monoisotopic (exact) mass is 274 g/mol. The van der Waals surface area contributed by atoms with Crippen molar-refractivity contribution in [2.45, 2.75) is 32.9 Å². The number of carbonyl (C=O) groups excluding carboxylic acids is 1. The Balaban J connectivity index is 1.78. The number of hydrogen-bond donors (Lipinski definition) is 1. The van der Waals surface area contributed by atoms with E-state index in [2.05, 4.69) is 10.1 Å². The number of carbonyl (C=O) groups is 1. The predicted octanol–water partition coefficient (Wildman–Crippen LogP) is 1.56. The van der Waals surface area contributed by atoms with Crippen LogP contribution in [0.2, 0.25) is 0 Å². The summed E-state index contributed by atoms with van der Waals surface area (Å²) in [5.41, 5.74) is 7.41. The molecule has 6 heteroatoms. The molecule has 0 spiro atoms. The standard InChI is InChI=1S/C14H18N4O2/c1-2-18-13(16-10-17-18)9-20-14(19)7-6-11-4-3-5-12(15)8-11/h3-5,8,10H,2,6-7,9,15H2,1H3. The van der Waals surface area contributed by atoms with Crippen LogP contribution in [0.1, 0.15) is 24.7 Å². The van der Waals surface area contributed by atoms with E-state index in [1.165, 1.54) is 6.33 Å². The van der Waals surface area contributed by atoms with Crippen LogP contribution in [0.15, 0.2) is 30.6 Å². The van der Waals surface area contributed by atoms with Gasteiger partial charge in [-0.1, -0.05) is 12.1 Å².